The number of rotatable bonds is 4. The molecule has 0 amide bonds. The average Bonchev–Trinajstić information content (AvgIpc) is 2.39. The Morgan fingerprint density at radius 1 is 1.45 bits per heavy atom. The van der Waals surface area contributed by atoms with Crippen LogP contribution in [0.5, 0.6) is 0 Å². The van der Waals surface area contributed by atoms with Crippen molar-refractivity contribution >= 4 is 40.6 Å². The number of esters is 1. The first-order valence-electron chi connectivity index (χ1n) is 6.26. The van der Waals surface area contributed by atoms with E-state index in [1.54, 1.807) is 18.2 Å². The first kappa shape index (κ1) is 16.7. The fraction of sp³-hybridized carbons (Fsp3) is 0.429. The van der Waals surface area contributed by atoms with Crippen LogP contribution in [0.2, 0.25) is 5.02 Å². The van der Waals surface area contributed by atoms with Gasteiger partial charge in [-0.05, 0) is 50.7 Å². The van der Waals surface area contributed by atoms with Crippen molar-refractivity contribution in [2.75, 3.05) is 12.4 Å². The fourth-order valence-electron chi connectivity index (χ4n) is 1.42. The quantitative estimate of drug-likeness (QED) is 0.657. The summed E-state index contributed by atoms with van der Waals surface area (Å²) in [5.74, 6) is -0.419. The molecule has 1 aromatic carbocycles. The van der Waals surface area contributed by atoms with Crippen molar-refractivity contribution in [2.45, 2.75) is 32.7 Å². The molecular weight excluding hydrogens is 296 g/mol. The molecule has 0 atom stereocenters. The molecule has 0 bridgehead atoms. The fourth-order valence-corrected chi connectivity index (χ4v) is 1.97. The highest BCUT2D eigenvalue weighted by Gasteiger charge is 2.16. The summed E-state index contributed by atoms with van der Waals surface area (Å²) in [6, 6.07) is 4.84. The molecule has 0 aliphatic carbocycles. The van der Waals surface area contributed by atoms with Gasteiger partial charge in [-0.1, -0.05) is 18.5 Å². The number of nitrogens with one attached hydrogen (secondary N) is 2. The first-order valence-corrected chi connectivity index (χ1v) is 7.04. The molecule has 0 saturated carbocycles. The maximum absolute atomic E-state index is 11.5. The summed E-state index contributed by atoms with van der Waals surface area (Å²) in [5, 5.41) is 7.13. The molecular formula is C14H19ClN2O2S. The van der Waals surface area contributed by atoms with Gasteiger partial charge in [0, 0.05) is 5.54 Å². The van der Waals surface area contributed by atoms with Crippen LogP contribution in [0.15, 0.2) is 18.2 Å². The number of methoxy groups -OCH3 is 1. The second-order valence-electron chi connectivity index (χ2n) is 5.00. The largest absolute Gasteiger partial charge is 0.465 e. The van der Waals surface area contributed by atoms with E-state index in [0.717, 1.165) is 6.42 Å². The molecule has 6 heteroatoms. The zero-order valence-corrected chi connectivity index (χ0v) is 13.6. The monoisotopic (exact) mass is 314 g/mol. The summed E-state index contributed by atoms with van der Waals surface area (Å²) in [5.41, 5.74) is 0.868. The number of benzene rings is 1. The zero-order chi connectivity index (χ0) is 15.3. The molecule has 0 spiro atoms. The Kier molecular flexibility index (Phi) is 5.77. The highest BCUT2D eigenvalue weighted by atomic mass is 35.5. The van der Waals surface area contributed by atoms with Gasteiger partial charge in [0.25, 0.3) is 0 Å². The van der Waals surface area contributed by atoms with Crippen molar-refractivity contribution in [1.29, 1.82) is 0 Å². The van der Waals surface area contributed by atoms with Crippen LogP contribution < -0.4 is 10.6 Å². The van der Waals surface area contributed by atoms with Crippen molar-refractivity contribution in [2.24, 2.45) is 0 Å². The third kappa shape index (κ3) is 4.65. The highest BCUT2D eigenvalue weighted by molar-refractivity contribution is 7.80. The van der Waals surface area contributed by atoms with E-state index in [4.69, 9.17) is 23.8 Å². The van der Waals surface area contributed by atoms with Gasteiger partial charge in [-0.25, -0.2) is 4.79 Å². The number of halogens is 1. The number of hydrogen-bond acceptors (Lipinski definition) is 3. The van der Waals surface area contributed by atoms with Gasteiger partial charge in [-0.15, -0.1) is 0 Å². The maximum atomic E-state index is 11.5. The van der Waals surface area contributed by atoms with Crippen molar-refractivity contribution in [3.05, 3.63) is 28.8 Å². The first-order chi connectivity index (χ1) is 9.29. The maximum Gasteiger partial charge on any atom is 0.337 e. The molecule has 2 N–H and O–H groups in total. The van der Waals surface area contributed by atoms with Gasteiger partial charge in [-0.3, -0.25) is 0 Å². The van der Waals surface area contributed by atoms with Crippen molar-refractivity contribution in [3.63, 3.8) is 0 Å². The van der Waals surface area contributed by atoms with E-state index in [2.05, 4.69) is 22.3 Å². The molecule has 1 aromatic rings. The van der Waals surface area contributed by atoms with Crippen LogP contribution in [-0.4, -0.2) is 23.7 Å². The highest BCUT2D eigenvalue weighted by Crippen LogP contribution is 2.23. The summed E-state index contributed by atoms with van der Waals surface area (Å²) in [6.07, 6.45) is 0.921. The predicted molar refractivity (Wildman–Crippen MR) is 86.5 cm³/mol. The Balaban J connectivity index is 2.86. The lowest BCUT2D eigenvalue weighted by Crippen LogP contribution is -2.44. The van der Waals surface area contributed by atoms with Crippen LogP contribution in [0.25, 0.3) is 0 Å². The summed E-state index contributed by atoms with van der Waals surface area (Å²) in [7, 11) is 1.33. The van der Waals surface area contributed by atoms with E-state index < -0.39 is 5.97 Å². The third-order valence-electron chi connectivity index (χ3n) is 2.97. The number of anilines is 1. The van der Waals surface area contributed by atoms with E-state index in [1.165, 1.54) is 7.11 Å². The standard InChI is InChI=1S/C14H19ClN2O2S/c1-5-14(2,3)17-13(20)16-11-8-9(12(18)19-4)6-7-10(11)15/h6-8H,5H2,1-4H3,(H2,16,17,20). The molecule has 110 valence electrons. The second kappa shape index (κ2) is 6.90. The Bertz CT molecular complexity index is 518. The molecule has 0 aromatic heterocycles. The Labute approximate surface area is 129 Å². The van der Waals surface area contributed by atoms with Crippen LogP contribution in [0.3, 0.4) is 0 Å². The number of thiocarbonyl (C=S) groups is 1. The predicted octanol–water partition coefficient (Wildman–Crippen LogP) is 3.60. The van der Waals surface area contributed by atoms with Crippen molar-refractivity contribution in [3.8, 4) is 0 Å². The van der Waals surface area contributed by atoms with Crippen molar-refractivity contribution < 1.29 is 9.53 Å². The summed E-state index contributed by atoms with van der Waals surface area (Å²) in [4.78, 5) is 11.5. The zero-order valence-electron chi connectivity index (χ0n) is 12.0. The minimum atomic E-state index is -0.419. The van der Waals surface area contributed by atoms with Gasteiger partial charge >= 0.3 is 5.97 Å². The minimum Gasteiger partial charge on any atom is -0.465 e. The molecule has 0 unspecified atom stereocenters. The third-order valence-corrected chi connectivity index (χ3v) is 3.51. The van der Waals surface area contributed by atoms with E-state index in [0.29, 0.717) is 21.4 Å². The van der Waals surface area contributed by atoms with Crippen LogP contribution in [0, 0.1) is 0 Å². The molecule has 0 aliphatic rings. The molecule has 4 nitrogen and oxygen atoms in total. The smallest absolute Gasteiger partial charge is 0.337 e. The average molecular weight is 315 g/mol. The number of hydrogen-bond donors (Lipinski definition) is 2. The lowest BCUT2D eigenvalue weighted by atomic mass is 10.0. The van der Waals surface area contributed by atoms with Gasteiger partial charge in [-0.2, -0.15) is 0 Å². The van der Waals surface area contributed by atoms with Crippen LogP contribution in [-0.2, 0) is 4.74 Å². The van der Waals surface area contributed by atoms with Crippen LogP contribution >= 0.6 is 23.8 Å². The van der Waals surface area contributed by atoms with E-state index in [-0.39, 0.29) is 5.54 Å². The van der Waals surface area contributed by atoms with Crippen molar-refractivity contribution in [1.82, 2.24) is 5.32 Å². The molecule has 0 fully saturated rings. The Hall–Kier alpha value is -1.33. The molecule has 0 aliphatic heterocycles. The van der Waals surface area contributed by atoms with Gasteiger partial charge in [0.15, 0.2) is 5.11 Å². The second-order valence-corrected chi connectivity index (χ2v) is 5.82. The van der Waals surface area contributed by atoms with E-state index >= 15 is 0 Å². The molecule has 0 radical (unpaired) electrons. The number of carbonyl (C=O) groups excluding carboxylic acids is 1. The summed E-state index contributed by atoms with van der Waals surface area (Å²) >= 11 is 11.3. The lowest BCUT2D eigenvalue weighted by molar-refractivity contribution is 0.0601. The molecule has 1 rings (SSSR count). The van der Waals surface area contributed by atoms with Gasteiger partial charge in [0.2, 0.25) is 0 Å². The van der Waals surface area contributed by atoms with Gasteiger partial charge < -0.3 is 15.4 Å². The lowest BCUT2D eigenvalue weighted by Gasteiger charge is -2.26. The summed E-state index contributed by atoms with van der Waals surface area (Å²) < 4.78 is 4.68. The molecule has 0 heterocycles. The number of ether oxygens (including phenoxy) is 1. The summed E-state index contributed by atoms with van der Waals surface area (Å²) in [6.45, 7) is 6.17. The van der Waals surface area contributed by atoms with Gasteiger partial charge in [0.1, 0.15) is 0 Å². The Morgan fingerprint density at radius 2 is 2.10 bits per heavy atom. The van der Waals surface area contributed by atoms with Crippen LogP contribution in [0.4, 0.5) is 5.69 Å². The topological polar surface area (TPSA) is 50.4 Å². The Morgan fingerprint density at radius 3 is 2.65 bits per heavy atom. The molecule has 20 heavy (non-hydrogen) atoms. The van der Waals surface area contributed by atoms with Crippen LogP contribution in [0.1, 0.15) is 37.6 Å². The van der Waals surface area contributed by atoms with E-state index in [1.807, 2.05) is 13.8 Å². The number of carbonyl (C=O) groups is 1. The van der Waals surface area contributed by atoms with Gasteiger partial charge in [0.05, 0.1) is 23.4 Å². The normalized spacial score (nSPS) is 10.8. The molecule has 0 saturated heterocycles. The SMILES string of the molecule is CCC(C)(C)NC(=S)Nc1cc(C(=O)OC)ccc1Cl. The van der Waals surface area contributed by atoms with E-state index in [9.17, 15) is 4.79 Å². The minimum absolute atomic E-state index is 0.115.